The Balaban J connectivity index is 1.76. The van der Waals surface area contributed by atoms with Gasteiger partial charge in [0.15, 0.2) is 0 Å². The van der Waals surface area contributed by atoms with Crippen molar-refractivity contribution in [3.8, 4) is 0 Å². The molecule has 1 aromatic carbocycles. The van der Waals surface area contributed by atoms with E-state index in [9.17, 15) is 0 Å². The van der Waals surface area contributed by atoms with Crippen molar-refractivity contribution >= 4 is 10.9 Å². The number of aromatic amines is 1. The van der Waals surface area contributed by atoms with Crippen LogP contribution in [0.3, 0.4) is 0 Å². The van der Waals surface area contributed by atoms with Crippen molar-refractivity contribution in [2.45, 2.75) is 25.7 Å². The summed E-state index contributed by atoms with van der Waals surface area (Å²) in [5.74, 6) is 0.715. The molecule has 3 heteroatoms. The average Bonchev–Trinajstić information content (AvgIpc) is 2.81. The summed E-state index contributed by atoms with van der Waals surface area (Å²) < 4.78 is 0. The summed E-state index contributed by atoms with van der Waals surface area (Å²) in [5, 5.41) is 1.38. The van der Waals surface area contributed by atoms with Gasteiger partial charge in [0.1, 0.15) is 0 Å². The Hall–Kier alpha value is -1.32. The van der Waals surface area contributed by atoms with Gasteiger partial charge in [-0.25, -0.2) is 0 Å². The van der Waals surface area contributed by atoms with E-state index < -0.39 is 0 Å². The summed E-state index contributed by atoms with van der Waals surface area (Å²) in [4.78, 5) is 5.80. The van der Waals surface area contributed by atoms with Crippen LogP contribution in [0.4, 0.5) is 0 Å². The second-order valence-corrected chi connectivity index (χ2v) is 5.68. The smallest absolute Gasteiger partial charge is 0.0456 e. The van der Waals surface area contributed by atoms with Crippen LogP contribution in [-0.4, -0.2) is 36.1 Å². The van der Waals surface area contributed by atoms with Crippen LogP contribution in [0.2, 0.25) is 0 Å². The first-order chi connectivity index (χ1) is 9.28. The van der Waals surface area contributed by atoms with E-state index in [2.05, 4.69) is 41.2 Å². The molecule has 0 atom stereocenters. The van der Waals surface area contributed by atoms with Gasteiger partial charge in [0.25, 0.3) is 0 Å². The summed E-state index contributed by atoms with van der Waals surface area (Å²) in [7, 11) is 0. The van der Waals surface area contributed by atoms with E-state index in [1.807, 2.05) is 0 Å². The van der Waals surface area contributed by atoms with E-state index in [1.54, 1.807) is 0 Å². The van der Waals surface area contributed by atoms with E-state index in [1.165, 1.54) is 48.0 Å². The normalized spacial score (nSPS) is 18.2. The minimum atomic E-state index is 0.715. The van der Waals surface area contributed by atoms with Gasteiger partial charge in [-0.15, -0.1) is 0 Å². The van der Waals surface area contributed by atoms with Crippen LogP contribution in [0.15, 0.2) is 24.4 Å². The number of H-pyrrole nitrogens is 1. The lowest BCUT2D eigenvalue weighted by Gasteiger charge is -2.31. The molecule has 1 aliphatic heterocycles. The number of rotatable bonds is 3. The first kappa shape index (κ1) is 12.7. The van der Waals surface area contributed by atoms with Gasteiger partial charge in [0.2, 0.25) is 0 Å². The molecule has 3 rings (SSSR count). The molecule has 0 aliphatic carbocycles. The SMILES string of the molecule is Cc1c[nH]c2ccc(C3CCN(CCN)CC3)cc12. The van der Waals surface area contributed by atoms with Crippen molar-refractivity contribution in [2.75, 3.05) is 26.2 Å². The first-order valence-electron chi connectivity index (χ1n) is 7.28. The molecular weight excluding hydrogens is 234 g/mol. The van der Waals surface area contributed by atoms with Crippen LogP contribution in [0.1, 0.15) is 29.9 Å². The van der Waals surface area contributed by atoms with E-state index >= 15 is 0 Å². The maximum absolute atomic E-state index is 5.63. The Morgan fingerprint density at radius 2 is 2.11 bits per heavy atom. The molecule has 2 heterocycles. The summed E-state index contributed by atoms with van der Waals surface area (Å²) in [6.45, 7) is 6.37. The molecule has 0 radical (unpaired) electrons. The van der Waals surface area contributed by atoms with Crippen LogP contribution in [-0.2, 0) is 0 Å². The molecule has 0 bridgehead atoms. The highest BCUT2D eigenvalue weighted by Gasteiger charge is 2.20. The minimum Gasteiger partial charge on any atom is -0.361 e. The number of benzene rings is 1. The molecular formula is C16H23N3. The van der Waals surface area contributed by atoms with Gasteiger partial charge in [-0.2, -0.15) is 0 Å². The second-order valence-electron chi connectivity index (χ2n) is 5.68. The molecule has 0 unspecified atom stereocenters. The van der Waals surface area contributed by atoms with Gasteiger partial charge >= 0.3 is 0 Å². The van der Waals surface area contributed by atoms with E-state index in [0.29, 0.717) is 5.92 Å². The standard InChI is InChI=1S/C16H23N3/c1-12-11-18-16-3-2-14(10-15(12)16)13-4-7-19(8-5-13)9-6-17/h2-3,10-11,13,18H,4-9,17H2,1H3. The van der Waals surface area contributed by atoms with Crippen molar-refractivity contribution in [1.29, 1.82) is 0 Å². The molecule has 0 amide bonds. The molecule has 102 valence electrons. The van der Waals surface area contributed by atoms with Gasteiger partial charge in [-0.1, -0.05) is 6.07 Å². The topological polar surface area (TPSA) is 45.0 Å². The third-order valence-corrected chi connectivity index (χ3v) is 4.42. The van der Waals surface area contributed by atoms with Crippen molar-refractivity contribution in [3.63, 3.8) is 0 Å². The lowest BCUT2D eigenvalue weighted by atomic mass is 9.88. The molecule has 0 saturated carbocycles. The Kier molecular flexibility index (Phi) is 3.58. The third kappa shape index (κ3) is 2.53. The fourth-order valence-electron chi connectivity index (χ4n) is 3.20. The highest BCUT2D eigenvalue weighted by atomic mass is 15.1. The number of piperidine rings is 1. The van der Waals surface area contributed by atoms with Crippen molar-refractivity contribution in [2.24, 2.45) is 5.73 Å². The van der Waals surface area contributed by atoms with Crippen LogP contribution >= 0.6 is 0 Å². The summed E-state index contributed by atoms with van der Waals surface area (Å²) in [5.41, 5.74) is 9.73. The average molecular weight is 257 g/mol. The number of aryl methyl sites for hydroxylation is 1. The molecule has 1 aromatic heterocycles. The number of hydrogen-bond donors (Lipinski definition) is 2. The zero-order valence-corrected chi connectivity index (χ0v) is 11.7. The van der Waals surface area contributed by atoms with Gasteiger partial charge < -0.3 is 15.6 Å². The lowest BCUT2D eigenvalue weighted by molar-refractivity contribution is 0.218. The van der Waals surface area contributed by atoms with Crippen molar-refractivity contribution in [3.05, 3.63) is 35.5 Å². The zero-order chi connectivity index (χ0) is 13.2. The number of fused-ring (bicyclic) bond motifs is 1. The van der Waals surface area contributed by atoms with Crippen LogP contribution in [0.25, 0.3) is 10.9 Å². The third-order valence-electron chi connectivity index (χ3n) is 4.42. The molecule has 2 aromatic rings. The number of nitrogens with one attached hydrogen (secondary N) is 1. The molecule has 1 aliphatic rings. The van der Waals surface area contributed by atoms with Crippen LogP contribution in [0.5, 0.6) is 0 Å². The maximum Gasteiger partial charge on any atom is 0.0456 e. The molecule has 3 nitrogen and oxygen atoms in total. The van der Waals surface area contributed by atoms with E-state index in [4.69, 9.17) is 5.73 Å². The van der Waals surface area contributed by atoms with Gasteiger partial charge in [0, 0.05) is 30.2 Å². The summed E-state index contributed by atoms with van der Waals surface area (Å²) in [6, 6.07) is 6.90. The predicted molar refractivity (Wildman–Crippen MR) is 80.5 cm³/mol. The highest BCUT2D eigenvalue weighted by Crippen LogP contribution is 2.30. The fraction of sp³-hybridized carbons (Fsp3) is 0.500. The second kappa shape index (κ2) is 5.35. The lowest BCUT2D eigenvalue weighted by Crippen LogP contribution is -2.36. The summed E-state index contributed by atoms with van der Waals surface area (Å²) in [6.07, 6.45) is 4.61. The monoisotopic (exact) mass is 257 g/mol. The predicted octanol–water partition coefficient (Wildman–Crippen LogP) is 2.61. The highest BCUT2D eigenvalue weighted by molar-refractivity contribution is 5.83. The molecule has 1 fully saturated rings. The Labute approximate surface area is 114 Å². The number of nitrogens with two attached hydrogens (primary N) is 1. The van der Waals surface area contributed by atoms with Crippen LogP contribution < -0.4 is 5.73 Å². The van der Waals surface area contributed by atoms with Crippen molar-refractivity contribution < 1.29 is 0 Å². The van der Waals surface area contributed by atoms with Gasteiger partial charge in [-0.05, 0) is 62.0 Å². The van der Waals surface area contributed by atoms with Crippen molar-refractivity contribution in [1.82, 2.24) is 9.88 Å². The largest absolute Gasteiger partial charge is 0.361 e. The number of likely N-dealkylation sites (tertiary alicyclic amines) is 1. The minimum absolute atomic E-state index is 0.715. The molecule has 3 N–H and O–H groups in total. The Morgan fingerprint density at radius 1 is 1.32 bits per heavy atom. The molecule has 19 heavy (non-hydrogen) atoms. The number of nitrogens with zero attached hydrogens (tertiary/aromatic N) is 1. The number of hydrogen-bond acceptors (Lipinski definition) is 2. The maximum atomic E-state index is 5.63. The Bertz CT molecular complexity index is 550. The summed E-state index contributed by atoms with van der Waals surface area (Å²) >= 11 is 0. The van der Waals surface area contributed by atoms with Crippen LogP contribution in [0, 0.1) is 6.92 Å². The molecule has 1 saturated heterocycles. The van der Waals surface area contributed by atoms with E-state index in [-0.39, 0.29) is 0 Å². The number of aromatic nitrogens is 1. The van der Waals surface area contributed by atoms with Gasteiger partial charge in [-0.3, -0.25) is 0 Å². The fourth-order valence-corrected chi connectivity index (χ4v) is 3.20. The zero-order valence-electron chi connectivity index (χ0n) is 11.7. The first-order valence-corrected chi connectivity index (χ1v) is 7.28. The Morgan fingerprint density at radius 3 is 2.84 bits per heavy atom. The van der Waals surface area contributed by atoms with Gasteiger partial charge in [0.05, 0.1) is 0 Å². The quantitative estimate of drug-likeness (QED) is 0.888. The van der Waals surface area contributed by atoms with E-state index in [0.717, 1.165) is 13.1 Å². The molecule has 0 spiro atoms.